The lowest BCUT2D eigenvalue weighted by molar-refractivity contribution is 0.106. The topological polar surface area (TPSA) is 137 Å². The Hall–Kier alpha value is -2.11. The van der Waals surface area contributed by atoms with Gasteiger partial charge in [-0.15, -0.1) is 10.2 Å². The van der Waals surface area contributed by atoms with Crippen LogP contribution in [0.15, 0.2) is 30.3 Å². The molecule has 0 unspecified atom stereocenters. The van der Waals surface area contributed by atoms with Crippen LogP contribution < -0.4 is 15.2 Å². The largest absolute Gasteiger partial charge is 0.491 e. The molecule has 3 rings (SSSR count). The van der Waals surface area contributed by atoms with Crippen molar-refractivity contribution in [3.05, 3.63) is 46.7 Å². The van der Waals surface area contributed by atoms with E-state index in [0.29, 0.717) is 15.6 Å². The van der Waals surface area contributed by atoms with Crippen molar-refractivity contribution in [1.82, 2.24) is 10.2 Å². The van der Waals surface area contributed by atoms with E-state index in [0.717, 1.165) is 16.9 Å². The van der Waals surface area contributed by atoms with Crippen molar-refractivity contribution in [2.45, 2.75) is 45.9 Å². The lowest BCUT2D eigenvalue weighted by Crippen LogP contribution is -2.39. The van der Waals surface area contributed by atoms with Crippen LogP contribution in [0.3, 0.4) is 0 Å². The van der Waals surface area contributed by atoms with Crippen LogP contribution in [0.1, 0.15) is 26.3 Å². The van der Waals surface area contributed by atoms with E-state index in [1.165, 1.54) is 30.4 Å². The fraction of sp³-hybridized carbons (Fsp3) is 0.364. The fourth-order valence-corrected chi connectivity index (χ4v) is 4.80. The SMILES string of the molecule is Cc1cc(-c2nnc(-c3cc(F)c(OC[C@H](N)[C@@H](C)OP(=O)(O)O)cc3Cl)s2)ccc1OC(C)C. The first-order chi connectivity index (χ1) is 16.3. The average Bonchev–Trinajstić information content (AvgIpc) is 3.23. The summed E-state index contributed by atoms with van der Waals surface area (Å²) in [6.45, 7) is 6.98. The minimum Gasteiger partial charge on any atom is -0.491 e. The molecule has 4 N–H and O–H groups in total. The molecule has 0 amide bonds. The summed E-state index contributed by atoms with van der Waals surface area (Å²) >= 11 is 7.63. The highest BCUT2D eigenvalue weighted by Crippen LogP contribution is 2.39. The molecule has 0 aliphatic heterocycles. The Labute approximate surface area is 211 Å². The maximum Gasteiger partial charge on any atom is 0.469 e. The van der Waals surface area contributed by atoms with Crippen LogP contribution in [0, 0.1) is 12.7 Å². The van der Waals surface area contributed by atoms with Gasteiger partial charge in [-0.05, 0) is 57.5 Å². The van der Waals surface area contributed by atoms with Crippen molar-refractivity contribution in [2.75, 3.05) is 6.61 Å². The number of halogens is 2. The van der Waals surface area contributed by atoms with E-state index < -0.39 is 25.8 Å². The zero-order valence-corrected chi connectivity index (χ0v) is 21.9. The second-order valence-corrected chi connectivity index (χ2v) is 10.7. The molecular weight excluding hydrogens is 520 g/mol. The number of rotatable bonds is 10. The van der Waals surface area contributed by atoms with Crippen molar-refractivity contribution >= 4 is 30.8 Å². The molecular formula is C22H26ClFN3O6PS. The maximum atomic E-state index is 14.7. The van der Waals surface area contributed by atoms with E-state index >= 15 is 0 Å². The first kappa shape index (κ1) is 27.5. The van der Waals surface area contributed by atoms with Gasteiger partial charge in [0.05, 0.1) is 23.3 Å². The van der Waals surface area contributed by atoms with E-state index in [-0.39, 0.29) is 23.5 Å². The van der Waals surface area contributed by atoms with Gasteiger partial charge in [0, 0.05) is 17.2 Å². The lowest BCUT2D eigenvalue weighted by Gasteiger charge is -2.21. The van der Waals surface area contributed by atoms with Gasteiger partial charge in [-0.1, -0.05) is 22.9 Å². The molecule has 1 aromatic heterocycles. The first-order valence-corrected chi connectivity index (χ1v) is 13.3. The van der Waals surface area contributed by atoms with E-state index in [9.17, 15) is 8.96 Å². The van der Waals surface area contributed by atoms with Gasteiger partial charge in [-0.2, -0.15) is 0 Å². The van der Waals surface area contributed by atoms with Gasteiger partial charge in [0.15, 0.2) is 11.6 Å². The van der Waals surface area contributed by atoms with Crippen LogP contribution in [0.25, 0.3) is 21.1 Å². The summed E-state index contributed by atoms with van der Waals surface area (Å²) in [6, 6.07) is 7.26. The molecule has 13 heteroatoms. The van der Waals surface area contributed by atoms with Gasteiger partial charge in [-0.25, -0.2) is 8.96 Å². The molecule has 0 radical (unpaired) electrons. The molecule has 0 aliphatic carbocycles. The maximum absolute atomic E-state index is 14.7. The third kappa shape index (κ3) is 7.44. The summed E-state index contributed by atoms with van der Waals surface area (Å²) in [5.41, 5.74) is 7.96. The Morgan fingerprint density at radius 3 is 2.46 bits per heavy atom. The highest BCUT2D eigenvalue weighted by atomic mass is 35.5. The van der Waals surface area contributed by atoms with Crippen LogP contribution in [-0.4, -0.2) is 44.8 Å². The quantitative estimate of drug-likeness (QED) is 0.302. The van der Waals surface area contributed by atoms with Crippen molar-refractivity contribution in [2.24, 2.45) is 5.73 Å². The molecule has 0 spiro atoms. The van der Waals surface area contributed by atoms with Crippen LogP contribution in [0.2, 0.25) is 5.02 Å². The molecule has 0 fully saturated rings. The van der Waals surface area contributed by atoms with E-state index in [2.05, 4.69) is 14.7 Å². The monoisotopic (exact) mass is 545 g/mol. The number of phosphoric ester groups is 1. The van der Waals surface area contributed by atoms with Crippen LogP contribution in [0.4, 0.5) is 4.39 Å². The smallest absolute Gasteiger partial charge is 0.469 e. The zero-order chi connectivity index (χ0) is 25.9. The minimum absolute atomic E-state index is 0.0591. The third-order valence-electron chi connectivity index (χ3n) is 4.80. The Balaban J connectivity index is 1.75. The molecule has 0 aliphatic rings. The van der Waals surface area contributed by atoms with Crippen molar-refractivity contribution in [3.8, 4) is 32.6 Å². The standard InChI is InChI=1S/C22H26ClFN3O6PS/c1-11(2)32-19-6-5-14(7-12(19)3)21-26-27-22(35-21)15-8-17(24)20(9-16(15)23)31-10-18(25)13(4)33-34(28,29)30/h5-9,11,13,18H,10,25H2,1-4H3,(H2,28,29,30)/t13-,18+/m1/s1. The van der Waals surface area contributed by atoms with Gasteiger partial charge in [0.1, 0.15) is 22.4 Å². The van der Waals surface area contributed by atoms with Gasteiger partial charge in [-0.3, -0.25) is 4.52 Å². The molecule has 0 saturated heterocycles. The number of aromatic nitrogens is 2. The number of benzene rings is 2. The number of hydrogen-bond donors (Lipinski definition) is 3. The predicted octanol–water partition coefficient (Wildman–Crippen LogP) is 4.96. The zero-order valence-electron chi connectivity index (χ0n) is 19.4. The summed E-state index contributed by atoms with van der Waals surface area (Å²) in [5, 5.41) is 9.63. The Bertz CT molecular complexity index is 1240. The number of nitrogens with zero attached hydrogens (tertiary/aromatic N) is 2. The third-order valence-corrected chi connectivity index (χ3v) is 6.72. The summed E-state index contributed by atoms with van der Waals surface area (Å²) in [7, 11) is -4.71. The lowest BCUT2D eigenvalue weighted by atomic mass is 10.1. The number of nitrogens with two attached hydrogens (primary N) is 1. The van der Waals surface area contributed by atoms with Gasteiger partial charge < -0.3 is 25.0 Å². The Morgan fingerprint density at radius 2 is 1.83 bits per heavy atom. The predicted molar refractivity (Wildman–Crippen MR) is 132 cm³/mol. The second-order valence-electron chi connectivity index (χ2n) is 8.10. The molecule has 3 aromatic rings. The van der Waals surface area contributed by atoms with Gasteiger partial charge >= 0.3 is 7.82 Å². The highest BCUT2D eigenvalue weighted by Gasteiger charge is 2.25. The molecule has 9 nitrogen and oxygen atoms in total. The van der Waals surface area contributed by atoms with Crippen LogP contribution in [-0.2, 0) is 9.09 Å². The number of aryl methyl sites for hydroxylation is 1. The molecule has 35 heavy (non-hydrogen) atoms. The molecule has 1 heterocycles. The van der Waals surface area contributed by atoms with Crippen LogP contribution in [0.5, 0.6) is 11.5 Å². The Kier molecular flexibility index (Phi) is 8.87. The molecule has 2 aromatic carbocycles. The molecule has 2 atom stereocenters. The number of ether oxygens (including phenoxy) is 2. The number of phosphoric acid groups is 1. The van der Waals surface area contributed by atoms with E-state index in [1.54, 1.807) is 0 Å². The molecule has 190 valence electrons. The summed E-state index contributed by atoms with van der Waals surface area (Å²) in [6.07, 6.45) is -0.966. The number of hydrogen-bond acceptors (Lipinski definition) is 8. The summed E-state index contributed by atoms with van der Waals surface area (Å²) in [5.74, 6) is -0.0850. The molecule has 0 bridgehead atoms. The first-order valence-electron chi connectivity index (χ1n) is 10.6. The molecule has 0 saturated carbocycles. The fourth-order valence-electron chi connectivity index (χ4n) is 3.04. The van der Waals surface area contributed by atoms with Crippen molar-refractivity contribution in [1.29, 1.82) is 0 Å². The van der Waals surface area contributed by atoms with Crippen molar-refractivity contribution < 1.29 is 32.7 Å². The Morgan fingerprint density at radius 1 is 1.14 bits per heavy atom. The minimum atomic E-state index is -4.71. The highest BCUT2D eigenvalue weighted by molar-refractivity contribution is 7.46. The van der Waals surface area contributed by atoms with Crippen molar-refractivity contribution in [3.63, 3.8) is 0 Å². The average molecular weight is 546 g/mol. The normalized spacial score (nSPS) is 13.7. The second kappa shape index (κ2) is 11.3. The van der Waals surface area contributed by atoms with E-state index in [4.69, 9.17) is 36.6 Å². The van der Waals surface area contributed by atoms with E-state index in [1.807, 2.05) is 39.0 Å². The van der Waals surface area contributed by atoms with Crippen LogP contribution >= 0.6 is 30.8 Å². The summed E-state index contributed by atoms with van der Waals surface area (Å²) < 4.78 is 41.3. The summed E-state index contributed by atoms with van der Waals surface area (Å²) in [4.78, 5) is 17.7. The van der Waals surface area contributed by atoms with Gasteiger partial charge in [0.2, 0.25) is 0 Å². The van der Waals surface area contributed by atoms with Gasteiger partial charge in [0.25, 0.3) is 0 Å².